The topological polar surface area (TPSA) is 45.7 Å². The fourth-order valence-corrected chi connectivity index (χ4v) is 5.17. The van der Waals surface area contributed by atoms with Gasteiger partial charge < -0.3 is 15.4 Å². The van der Waals surface area contributed by atoms with Gasteiger partial charge in [0.15, 0.2) is 5.96 Å². The average molecular weight is 524 g/mol. The molecular formula is C20H31ClIN3OS. The molecular weight excluding hydrogens is 493 g/mol. The van der Waals surface area contributed by atoms with Crippen LogP contribution in [-0.4, -0.2) is 49.8 Å². The minimum Gasteiger partial charge on any atom is -0.381 e. The van der Waals surface area contributed by atoms with Crippen LogP contribution in [0.2, 0.25) is 5.02 Å². The summed E-state index contributed by atoms with van der Waals surface area (Å²) in [5.41, 5.74) is 1.16. The maximum Gasteiger partial charge on any atom is 0.191 e. The van der Waals surface area contributed by atoms with E-state index in [2.05, 4.69) is 29.7 Å². The summed E-state index contributed by atoms with van der Waals surface area (Å²) in [6.07, 6.45) is 4.42. The van der Waals surface area contributed by atoms with Crippen molar-refractivity contribution in [1.82, 2.24) is 10.6 Å². The minimum atomic E-state index is -0.0414. The number of halogens is 2. The quantitative estimate of drug-likeness (QED) is 0.340. The molecule has 1 aromatic rings. The second-order valence-electron chi connectivity index (χ2n) is 7.13. The maximum absolute atomic E-state index is 6.56. The monoisotopic (exact) mass is 523 g/mol. The van der Waals surface area contributed by atoms with Gasteiger partial charge in [0, 0.05) is 42.0 Å². The Morgan fingerprint density at radius 1 is 1.33 bits per heavy atom. The van der Waals surface area contributed by atoms with Crippen molar-refractivity contribution < 1.29 is 4.74 Å². The molecule has 0 bridgehead atoms. The second kappa shape index (κ2) is 11.7. The number of nitrogens with zero attached hydrogens (tertiary/aromatic N) is 1. The Kier molecular flexibility index (Phi) is 10.0. The largest absolute Gasteiger partial charge is 0.381 e. The molecule has 2 N–H and O–H groups in total. The van der Waals surface area contributed by atoms with Crippen LogP contribution in [0.5, 0.6) is 0 Å². The van der Waals surface area contributed by atoms with E-state index in [9.17, 15) is 0 Å². The molecule has 2 aliphatic rings. The number of ether oxygens (including phenoxy) is 1. The van der Waals surface area contributed by atoms with Crippen molar-refractivity contribution in [3.05, 3.63) is 34.9 Å². The molecule has 2 heterocycles. The first-order valence-corrected chi connectivity index (χ1v) is 11.2. The molecule has 2 aliphatic heterocycles. The highest BCUT2D eigenvalue weighted by atomic mass is 127. The first-order valence-electron chi connectivity index (χ1n) is 9.69. The van der Waals surface area contributed by atoms with E-state index >= 15 is 0 Å². The first kappa shape index (κ1) is 23.1. The molecule has 0 aromatic heterocycles. The van der Waals surface area contributed by atoms with Crippen molar-refractivity contribution in [3.63, 3.8) is 0 Å². The van der Waals surface area contributed by atoms with Crippen LogP contribution in [0.15, 0.2) is 29.3 Å². The van der Waals surface area contributed by atoms with Gasteiger partial charge in [0.2, 0.25) is 0 Å². The molecule has 0 spiro atoms. The number of guanidine groups is 1. The first-order chi connectivity index (χ1) is 12.7. The van der Waals surface area contributed by atoms with E-state index in [1.54, 1.807) is 0 Å². The molecule has 0 amide bonds. The van der Waals surface area contributed by atoms with Gasteiger partial charge in [-0.15, -0.1) is 24.0 Å². The summed E-state index contributed by atoms with van der Waals surface area (Å²) in [7, 11) is 0. The van der Waals surface area contributed by atoms with Gasteiger partial charge in [-0.25, -0.2) is 0 Å². The van der Waals surface area contributed by atoms with Crippen LogP contribution in [0, 0.1) is 0 Å². The summed E-state index contributed by atoms with van der Waals surface area (Å²) in [6.45, 7) is 5.25. The number of thioether (sulfide) groups is 1. The van der Waals surface area contributed by atoms with Gasteiger partial charge in [0.05, 0.1) is 6.54 Å². The summed E-state index contributed by atoms with van der Waals surface area (Å²) < 4.78 is 5.64. The third-order valence-corrected chi connectivity index (χ3v) is 6.83. The molecule has 2 fully saturated rings. The maximum atomic E-state index is 6.56. The Balaban J connectivity index is 0.00000261. The lowest BCUT2D eigenvalue weighted by atomic mass is 9.74. The number of hydrogen-bond donors (Lipinski definition) is 2. The molecule has 152 valence electrons. The van der Waals surface area contributed by atoms with Crippen molar-refractivity contribution in [3.8, 4) is 0 Å². The van der Waals surface area contributed by atoms with E-state index in [4.69, 9.17) is 21.3 Å². The van der Waals surface area contributed by atoms with Crippen molar-refractivity contribution in [1.29, 1.82) is 0 Å². The fourth-order valence-electron chi connectivity index (χ4n) is 3.76. The molecule has 1 unspecified atom stereocenters. The number of aliphatic imine (C=N–C) groups is 1. The Hall–Kier alpha value is -0.180. The summed E-state index contributed by atoms with van der Waals surface area (Å²) in [4.78, 5) is 4.99. The molecule has 0 saturated carbocycles. The number of hydrogen-bond acceptors (Lipinski definition) is 3. The van der Waals surface area contributed by atoms with Crippen LogP contribution >= 0.6 is 47.3 Å². The van der Waals surface area contributed by atoms with Crippen LogP contribution in [0.3, 0.4) is 0 Å². The normalized spacial score (nSPS) is 22.6. The van der Waals surface area contributed by atoms with Gasteiger partial charge in [-0.3, -0.25) is 4.99 Å². The summed E-state index contributed by atoms with van der Waals surface area (Å²) >= 11 is 8.58. The van der Waals surface area contributed by atoms with Crippen LogP contribution in [0.4, 0.5) is 0 Å². The van der Waals surface area contributed by atoms with Crippen LogP contribution < -0.4 is 10.6 Å². The third-order valence-electron chi connectivity index (χ3n) is 5.28. The molecule has 3 rings (SSSR count). The van der Waals surface area contributed by atoms with Crippen LogP contribution in [0.25, 0.3) is 0 Å². The SMILES string of the molecule is CCNC(=NCC1(c2ccccc2Cl)CCOCC1)NC1CCCSC1.I. The predicted octanol–water partition coefficient (Wildman–Crippen LogP) is 4.46. The van der Waals surface area contributed by atoms with E-state index < -0.39 is 0 Å². The van der Waals surface area contributed by atoms with Gasteiger partial charge in [-0.05, 0) is 50.0 Å². The fraction of sp³-hybridized carbons (Fsp3) is 0.650. The van der Waals surface area contributed by atoms with E-state index in [1.807, 2.05) is 23.9 Å². The lowest BCUT2D eigenvalue weighted by Gasteiger charge is -2.37. The van der Waals surface area contributed by atoms with Crippen molar-refractivity contribution in [2.45, 2.75) is 44.1 Å². The summed E-state index contributed by atoms with van der Waals surface area (Å²) in [5, 5.41) is 7.89. The van der Waals surface area contributed by atoms with E-state index in [-0.39, 0.29) is 29.4 Å². The smallest absolute Gasteiger partial charge is 0.191 e. The van der Waals surface area contributed by atoms with Gasteiger partial charge in [-0.1, -0.05) is 29.8 Å². The zero-order valence-corrected chi connectivity index (χ0v) is 19.9. The predicted molar refractivity (Wildman–Crippen MR) is 128 cm³/mol. The zero-order valence-electron chi connectivity index (χ0n) is 16.0. The van der Waals surface area contributed by atoms with Crippen molar-refractivity contribution in [2.24, 2.45) is 4.99 Å². The van der Waals surface area contributed by atoms with E-state index in [1.165, 1.54) is 24.2 Å². The lowest BCUT2D eigenvalue weighted by molar-refractivity contribution is 0.0531. The van der Waals surface area contributed by atoms with Crippen molar-refractivity contribution in [2.75, 3.05) is 37.8 Å². The lowest BCUT2D eigenvalue weighted by Crippen LogP contribution is -2.46. The van der Waals surface area contributed by atoms with Crippen LogP contribution in [0.1, 0.15) is 38.2 Å². The van der Waals surface area contributed by atoms with Crippen LogP contribution in [-0.2, 0) is 10.2 Å². The number of rotatable bonds is 5. The van der Waals surface area contributed by atoms with Crippen molar-refractivity contribution >= 4 is 53.3 Å². The third kappa shape index (κ3) is 6.41. The van der Waals surface area contributed by atoms with E-state index in [0.29, 0.717) is 6.04 Å². The number of benzene rings is 1. The molecule has 27 heavy (non-hydrogen) atoms. The minimum absolute atomic E-state index is 0. The second-order valence-corrected chi connectivity index (χ2v) is 8.68. The highest BCUT2D eigenvalue weighted by Crippen LogP contribution is 2.38. The zero-order chi connectivity index (χ0) is 18.2. The molecule has 2 saturated heterocycles. The Bertz CT molecular complexity index is 605. The highest BCUT2D eigenvalue weighted by Gasteiger charge is 2.36. The van der Waals surface area contributed by atoms with Gasteiger partial charge >= 0.3 is 0 Å². The standard InChI is InChI=1S/C20H30ClN3OS.HI/c1-2-22-19(24-16-6-5-13-26-14-16)23-15-20(9-11-25-12-10-20)17-7-3-4-8-18(17)21;/h3-4,7-8,16H,2,5-6,9-15H2,1H3,(H2,22,23,24);1H. The molecule has 0 aliphatic carbocycles. The highest BCUT2D eigenvalue weighted by molar-refractivity contribution is 14.0. The van der Waals surface area contributed by atoms with E-state index in [0.717, 1.165) is 55.9 Å². The molecule has 1 aromatic carbocycles. The Labute approximate surface area is 189 Å². The molecule has 1 atom stereocenters. The molecule has 7 heteroatoms. The Morgan fingerprint density at radius 3 is 2.78 bits per heavy atom. The summed E-state index contributed by atoms with van der Waals surface area (Å²) in [6, 6.07) is 8.72. The van der Waals surface area contributed by atoms with Gasteiger partial charge in [0.25, 0.3) is 0 Å². The summed E-state index contributed by atoms with van der Waals surface area (Å²) in [5.74, 6) is 3.37. The molecule has 0 radical (unpaired) electrons. The molecule has 4 nitrogen and oxygen atoms in total. The van der Waals surface area contributed by atoms with Gasteiger partial charge in [-0.2, -0.15) is 11.8 Å². The van der Waals surface area contributed by atoms with Gasteiger partial charge in [0.1, 0.15) is 0 Å². The number of nitrogens with one attached hydrogen (secondary N) is 2. The average Bonchev–Trinajstić information content (AvgIpc) is 2.68. The Morgan fingerprint density at radius 2 is 2.11 bits per heavy atom.